The summed E-state index contributed by atoms with van der Waals surface area (Å²) in [5.74, 6) is 0. The van der Waals surface area contributed by atoms with Crippen molar-refractivity contribution in [2.75, 3.05) is 16.3 Å². The Labute approximate surface area is 161 Å². The summed E-state index contributed by atoms with van der Waals surface area (Å²) in [7, 11) is -3.40. The van der Waals surface area contributed by atoms with E-state index in [0.717, 1.165) is 6.26 Å². The molecule has 0 aliphatic heterocycles. The van der Waals surface area contributed by atoms with Crippen molar-refractivity contribution in [3.63, 3.8) is 0 Å². The molecule has 2 aromatic carbocycles. The number of hydrogen-bond donors (Lipinski definition) is 2. The molecule has 1 heterocycles. The maximum atomic E-state index is 12.5. The molecule has 9 heteroatoms. The first kappa shape index (κ1) is 18.9. The number of halogens is 1. The largest absolute Gasteiger partial charge is 0.378 e. The first-order valence-corrected chi connectivity index (χ1v) is 10.2. The lowest BCUT2D eigenvalue weighted by Gasteiger charge is -2.13. The predicted molar refractivity (Wildman–Crippen MR) is 107 cm³/mol. The van der Waals surface area contributed by atoms with Crippen molar-refractivity contribution >= 4 is 33.0 Å². The second kappa shape index (κ2) is 7.81. The molecule has 0 bridgehead atoms. The first-order valence-electron chi connectivity index (χ1n) is 7.98. The zero-order chi connectivity index (χ0) is 19.4. The number of benzene rings is 2. The fourth-order valence-electron chi connectivity index (χ4n) is 2.47. The van der Waals surface area contributed by atoms with Gasteiger partial charge in [-0.1, -0.05) is 48.0 Å². The SMILES string of the molecule is CS(=O)(=O)Nc1ccccc1CNc1cnn(-c2ccccc2)c(=O)c1Cl. The van der Waals surface area contributed by atoms with Gasteiger partial charge < -0.3 is 5.32 Å². The van der Waals surface area contributed by atoms with Gasteiger partial charge in [0.25, 0.3) is 5.56 Å². The Kier molecular flexibility index (Phi) is 5.48. The van der Waals surface area contributed by atoms with Gasteiger partial charge in [0.1, 0.15) is 5.02 Å². The molecule has 3 rings (SSSR count). The van der Waals surface area contributed by atoms with Crippen molar-refractivity contribution in [3.05, 3.63) is 81.7 Å². The highest BCUT2D eigenvalue weighted by atomic mass is 35.5. The van der Waals surface area contributed by atoms with Crippen LogP contribution in [-0.4, -0.2) is 24.5 Å². The summed E-state index contributed by atoms with van der Waals surface area (Å²) in [6.45, 7) is 0.259. The van der Waals surface area contributed by atoms with Gasteiger partial charge in [-0.25, -0.2) is 8.42 Å². The van der Waals surface area contributed by atoms with Gasteiger partial charge >= 0.3 is 0 Å². The molecular weight excluding hydrogens is 388 g/mol. The molecule has 0 unspecified atom stereocenters. The van der Waals surface area contributed by atoms with Crippen LogP contribution in [0.1, 0.15) is 5.56 Å². The minimum Gasteiger partial charge on any atom is -0.378 e. The summed E-state index contributed by atoms with van der Waals surface area (Å²) < 4.78 is 26.7. The minimum absolute atomic E-state index is 0.00223. The quantitative estimate of drug-likeness (QED) is 0.659. The van der Waals surface area contributed by atoms with Crippen molar-refractivity contribution < 1.29 is 8.42 Å². The summed E-state index contributed by atoms with van der Waals surface area (Å²) in [5.41, 5.74) is 1.68. The first-order chi connectivity index (χ1) is 12.8. The van der Waals surface area contributed by atoms with Gasteiger partial charge in [0.2, 0.25) is 10.0 Å². The molecule has 0 aliphatic carbocycles. The molecule has 2 N–H and O–H groups in total. The zero-order valence-electron chi connectivity index (χ0n) is 14.4. The van der Waals surface area contributed by atoms with E-state index >= 15 is 0 Å². The number of nitrogens with zero attached hydrogens (tertiary/aromatic N) is 2. The monoisotopic (exact) mass is 404 g/mol. The van der Waals surface area contributed by atoms with Gasteiger partial charge in [0.05, 0.1) is 29.5 Å². The van der Waals surface area contributed by atoms with Gasteiger partial charge in [-0.2, -0.15) is 9.78 Å². The third-order valence-electron chi connectivity index (χ3n) is 3.70. The van der Waals surface area contributed by atoms with Gasteiger partial charge in [-0.05, 0) is 23.8 Å². The van der Waals surface area contributed by atoms with Crippen molar-refractivity contribution in [3.8, 4) is 5.69 Å². The van der Waals surface area contributed by atoms with Crippen LogP contribution < -0.4 is 15.6 Å². The smallest absolute Gasteiger partial charge is 0.292 e. The highest BCUT2D eigenvalue weighted by Gasteiger charge is 2.12. The standard InChI is InChI=1S/C18H17ClN4O3S/c1-27(25,26)22-15-10-6-5-7-13(15)11-20-16-12-21-23(18(24)17(16)19)14-8-3-2-4-9-14/h2-10,12,20,22H,11H2,1H3. The lowest BCUT2D eigenvalue weighted by Crippen LogP contribution is -2.22. The van der Waals surface area contributed by atoms with Crippen molar-refractivity contribution in [1.29, 1.82) is 0 Å². The summed E-state index contributed by atoms with van der Waals surface area (Å²) in [5, 5.41) is 7.18. The third-order valence-corrected chi connectivity index (χ3v) is 4.66. The van der Waals surface area contributed by atoms with E-state index in [4.69, 9.17) is 11.6 Å². The molecule has 3 aromatic rings. The molecule has 0 spiro atoms. The predicted octanol–water partition coefficient (Wildman–Crippen LogP) is 2.87. The van der Waals surface area contributed by atoms with E-state index in [1.54, 1.807) is 48.5 Å². The van der Waals surface area contributed by atoms with Gasteiger partial charge in [0.15, 0.2) is 0 Å². The maximum absolute atomic E-state index is 12.5. The van der Waals surface area contributed by atoms with Crippen LogP contribution in [-0.2, 0) is 16.6 Å². The van der Waals surface area contributed by atoms with Crippen LogP contribution in [0, 0.1) is 0 Å². The summed E-state index contributed by atoms with van der Waals surface area (Å²) >= 11 is 6.21. The van der Waals surface area contributed by atoms with E-state index in [2.05, 4.69) is 15.1 Å². The van der Waals surface area contributed by atoms with E-state index in [9.17, 15) is 13.2 Å². The van der Waals surface area contributed by atoms with Crippen LogP contribution in [0.25, 0.3) is 5.69 Å². The number of sulfonamides is 1. The Bertz CT molecular complexity index is 1110. The number of para-hydroxylation sites is 2. The van der Waals surface area contributed by atoms with Gasteiger partial charge in [-0.15, -0.1) is 0 Å². The summed E-state index contributed by atoms with van der Waals surface area (Å²) in [6.07, 6.45) is 2.55. The second-order valence-electron chi connectivity index (χ2n) is 5.81. The van der Waals surface area contributed by atoms with Crippen LogP contribution in [0.2, 0.25) is 5.02 Å². The van der Waals surface area contributed by atoms with Crippen LogP contribution >= 0.6 is 11.6 Å². The van der Waals surface area contributed by atoms with Crippen LogP contribution in [0.3, 0.4) is 0 Å². The van der Waals surface area contributed by atoms with E-state index in [-0.39, 0.29) is 11.6 Å². The molecule has 0 saturated heterocycles. The second-order valence-corrected chi connectivity index (χ2v) is 7.94. The van der Waals surface area contributed by atoms with Gasteiger partial charge in [-0.3, -0.25) is 9.52 Å². The maximum Gasteiger partial charge on any atom is 0.292 e. The lowest BCUT2D eigenvalue weighted by atomic mass is 10.2. The Morgan fingerprint density at radius 2 is 1.70 bits per heavy atom. The fourth-order valence-corrected chi connectivity index (χ4v) is 3.27. The fraction of sp³-hybridized carbons (Fsp3) is 0.111. The molecule has 140 valence electrons. The van der Waals surface area contributed by atoms with Crippen molar-refractivity contribution in [2.45, 2.75) is 6.54 Å². The Hall–Kier alpha value is -2.84. The zero-order valence-corrected chi connectivity index (χ0v) is 16.0. The molecule has 0 fully saturated rings. The van der Waals surface area contributed by atoms with E-state index in [1.165, 1.54) is 10.9 Å². The van der Waals surface area contributed by atoms with Crippen LogP contribution in [0.5, 0.6) is 0 Å². The highest BCUT2D eigenvalue weighted by Crippen LogP contribution is 2.21. The average molecular weight is 405 g/mol. The van der Waals surface area contributed by atoms with Gasteiger partial charge in [0, 0.05) is 6.54 Å². The number of hydrogen-bond acceptors (Lipinski definition) is 5. The Morgan fingerprint density at radius 3 is 2.41 bits per heavy atom. The normalized spacial score (nSPS) is 11.2. The van der Waals surface area contributed by atoms with Crippen molar-refractivity contribution in [1.82, 2.24) is 9.78 Å². The number of nitrogens with one attached hydrogen (secondary N) is 2. The lowest BCUT2D eigenvalue weighted by molar-refractivity contribution is 0.606. The summed E-state index contributed by atoms with van der Waals surface area (Å²) in [4.78, 5) is 12.5. The molecule has 0 radical (unpaired) electrons. The molecule has 0 saturated carbocycles. The molecule has 1 aromatic heterocycles. The molecule has 0 amide bonds. The Balaban J connectivity index is 1.84. The molecular formula is C18H17ClN4O3S. The minimum atomic E-state index is -3.40. The number of aromatic nitrogens is 2. The van der Waals surface area contributed by atoms with E-state index in [0.29, 0.717) is 22.6 Å². The molecule has 0 aliphatic rings. The van der Waals surface area contributed by atoms with E-state index in [1.807, 2.05) is 6.07 Å². The Morgan fingerprint density at radius 1 is 1.04 bits per heavy atom. The molecule has 0 atom stereocenters. The van der Waals surface area contributed by atoms with Crippen LogP contribution in [0.4, 0.5) is 11.4 Å². The molecule has 27 heavy (non-hydrogen) atoms. The molecule has 7 nitrogen and oxygen atoms in total. The topological polar surface area (TPSA) is 93.1 Å². The highest BCUT2D eigenvalue weighted by molar-refractivity contribution is 7.92. The average Bonchev–Trinajstić information content (AvgIpc) is 2.63. The van der Waals surface area contributed by atoms with Crippen LogP contribution in [0.15, 0.2) is 65.6 Å². The third kappa shape index (κ3) is 4.66. The number of anilines is 2. The van der Waals surface area contributed by atoms with Crippen molar-refractivity contribution in [2.24, 2.45) is 0 Å². The summed E-state index contributed by atoms with van der Waals surface area (Å²) in [6, 6.07) is 15.9. The number of rotatable bonds is 6. The van der Waals surface area contributed by atoms with E-state index < -0.39 is 15.6 Å².